The van der Waals surface area contributed by atoms with Gasteiger partial charge < -0.3 is 10.1 Å². The molecule has 30 heavy (non-hydrogen) atoms. The summed E-state index contributed by atoms with van der Waals surface area (Å²) in [7, 11) is -3.64. The molecule has 8 heteroatoms. The van der Waals surface area contributed by atoms with Gasteiger partial charge in [0.1, 0.15) is 11.6 Å². The average molecular weight is 433 g/mol. The molecule has 0 aliphatic carbocycles. The topological polar surface area (TPSA) is 75.7 Å². The van der Waals surface area contributed by atoms with Gasteiger partial charge in [0.15, 0.2) is 0 Å². The number of hydrogen-bond acceptors (Lipinski definition) is 4. The number of hydrogen-bond donors (Lipinski definition) is 1. The normalized spacial score (nSPS) is 15.3. The average Bonchev–Trinajstić information content (AvgIpc) is 2.75. The van der Waals surface area contributed by atoms with Gasteiger partial charge >= 0.3 is 0 Å². The molecule has 0 aromatic heterocycles. The molecule has 0 atom stereocenters. The van der Waals surface area contributed by atoms with Crippen LogP contribution >= 0.6 is 0 Å². The fourth-order valence-corrected chi connectivity index (χ4v) is 4.77. The second-order valence-corrected chi connectivity index (χ2v) is 8.87. The number of piperidine rings is 1. The van der Waals surface area contributed by atoms with Crippen LogP contribution < -0.4 is 10.1 Å². The van der Waals surface area contributed by atoms with Crippen molar-refractivity contribution in [3.63, 3.8) is 0 Å². The molecular formula is C22H25FN2O4S. The molecule has 0 bridgehead atoms. The molecule has 3 rings (SSSR count). The number of nitrogens with zero attached hydrogens (tertiary/aromatic N) is 1. The zero-order valence-electron chi connectivity index (χ0n) is 16.8. The van der Waals surface area contributed by atoms with Gasteiger partial charge in [-0.3, -0.25) is 4.79 Å². The van der Waals surface area contributed by atoms with E-state index in [4.69, 9.17) is 4.74 Å². The number of ether oxygens (including phenoxy) is 1. The number of sulfonamides is 1. The van der Waals surface area contributed by atoms with Crippen LogP contribution in [0.5, 0.6) is 5.75 Å². The lowest BCUT2D eigenvalue weighted by atomic mass is 10.2. The lowest BCUT2D eigenvalue weighted by molar-refractivity contribution is -0.111. The van der Waals surface area contributed by atoms with Crippen molar-refractivity contribution in [1.29, 1.82) is 0 Å². The summed E-state index contributed by atoms with van der Waals surface area (Å²) >= 11 is 0. The van der Waals surface area contributed by atoms with E-state index in [2.05, 4.69) is 5.32 Å². The van der Waals surface area contributed by atoms with Crippen LogP contribution in [-0.2, 0) is 14.8 Å². The summed E-state index contributed by atoms with van der Waals surface area (Å²) < 4.78 is 45.9. The summed E-state index contributed by atoms with van der Waals surface area (Å²) in [6.07, 6.45) is 5.55. The van der Waals surface area contributed by atoms with Gasteiger partial charge in [0, 0.05) is 19.2 Å². The summed E-state index contributed by atoms with van der Waals surface area (Å²) in [5.41, 5.74) is 0.946. The van der Waals surface area contributed by atoms with Gasteiger partial charge in [-0.15, -0.1) is 0 Å². The largest absolute Gasteiger partial charge is 0.492 e. The Balaban J connectivity index is 1.82. The van der Waals surface area contributed by atoms with E-state index >= 15 is 0 Å². The highest BCUT2D eigenvalue weighted by molar-refractivity contribution is 7.89. The van der Waals surface area contributed by atoms with Crippen LogP contribution in [0.25, 0.3) is 6.08 Å². The van der Waals surface area contributed by atoms with E-state index in [-0.39, 0.29) is 16.4 Å². The highest BCUT2D eigenvalue weighted by Crippen LogP contribution is 2.30. The third kappa shape index (κ3) is 5.46. The number of carbonyl (C=O) groups excluding carboxylic acids is 1. The second-order valence-electron chi connectivity index (χ2n) is 6.93. The number of rotatable bonds is 7. The van der Waals surface area contributed by atoms with Crippen molar-refractivity contribution >= 4 is 27.7 Å². The maximum Gasteiger partial charge on any atom is 0.248 e. The molecule has 0 spiro atoms. The molecule has 2 aromatic rings. The van der Waals surface area contributed by atoms with Gasteiger partial charge in [-0.1, -0.05) is 18.6 Å². The zero-order valence-corrected chi connectivity index (χ0v) is 17.6. The van der Waals surface area contributed by atoms with Crippen LogP contribution in [0.3, 0.4) is 0 Å². The van der Waals surface area contributed by atoms with Gasteiger partial charge in [0.05, 0.1) is 17.2 Å². The Kier molecular flexibility index (Phi) is 7.23. The standard InChI is InChI=1S/C22H25FN2O4S/c1-2-29-21-12-11-19(30(27,28)25-14-4-3-5-15-25)16-20(21)24-22(26)13-8-17-6-9-18(23)10-7-17/h6-13,16H,2-5,14-15H2,1H3,(H,24,26)/b13-8+. The summed E-state index contributed by atoms with van der Waals surface area (Å²) in [5.74, 6) is -0.420. The highest BCUT2D eigenvalue weighted by atomic mass is 32.2. The molecule has 1 N–H and O–H groups in total. The molecule has 1 aliphatic heterocycles. The Morgan fingerprint density at radius 2 is 1.83 bits per heavy atom. The van der Waals surface area contributed by atoms with Crippen molar-refractivity contribution in [3.05, 3.63) is 59.9 Å². The molecule has 0 radical (unpaired) electrons. The lowest BCUT2D eigenvalue weighted by Gasteiger charge is -2.26. The minimum atomic E-state index is -3.64. The second kappa shape index (κ2) is 9.86. The molecule has 2 aromatic carbocycles. The van der Waals surface area contributed by atoms with Crippen LogP contribution in [0.2, 0.25) is 0 Å². The summed E-state index contributed by atoms with van der Waals surface area (Å²) in [6.45, 7) is 3.17. The molecule has 0 unspecified atom stereocenters. The fraction of sp³-hybridized carbons (Fsp3) is 0.318. The highest BCUT2D eigenvalue weighted by Gasteiger charge is 2.26. The first kappa shape index (κ1) is 22.0. The van der Waals surface area contributed by atoms with E-state index in [0.29, 0.717) is 31.0 Å². The van der Waals surface area contributed by atoms with Crippen molar-refractivity contribution in [3.8, 4) is 5.75 Å². The molecule has 1 fully saturated rings. The van der Waals surface area contributed by atoms with Gasteiger partial charge in [-0.05, 0) is 61.7 Å². The number of anilines is 1. The van der Waals surface area contributed by atoms with Gasteiger partial charge in [0.25, 0.3) is 0 Å². The molecular weight excluding hydrogens is 407 g/mol. The van der Waals surface area contributed by atoms with Crippen LogP contribution in [0.4, 0.5) is 10.1 Å². The zero-order chi connectivity index (χ0) is 21.6. The van der Waals surface area contributed by atoms with Crippen LogP contribution in [0.1, 0.15) is 31.7 Å². The van der Waals surface area contributed by atoms with E-state index in [1.165, 1.54) is 34.6 Å². The fourth-order valence-electron chi connectivity index (χ4n) is 3.22. The Labute approximate surface area is 176 Å². The third-order valence-electron chi connectivity index (χ3n) is 4.76. The SMILES string of the molecule is CCOc1ccc(S(=O)(=O)N2CCCCC2)cc1NC(=O)/C=C/c1ccc(F)cc1. The number of benzene rings is 2. The number of halogens is 1. The Morgan fingerprint density at radius 3 is 2.50 bits per heavy atom. The number of carbonyl (C=O) groups is 1. The third-order valence-corrected chi connectivity index (χ3v) is 6.65. The summed E-state index contributed by atoms with van der Waals surface area (Å²) in [5, 5.41) is 2.68. The predicted molar refractivity (Wildman–Crippen MR) is 114 cm³/mol. The smallest absolute Gasteiger partial charge is 0.248 e. The maximum atomic E-state index is 13.0. The Morgan fingerprint density at radius 1 is 1.13 bits per heavy atom. The quantitative estimate of drug-likeness (QED) is 0.670. The number of amides is 1. The molecule has 1 aliphatic rings. The van der Waals surface area contributed by atoms with Crippen molar-refractivity contribution in [2.24, 2.45) is 0 Å². The van der Waals surface area contributed by atoms with Crippen molar-refractivity contribution in [2.75, 3.05) is 25.0 Å². The molecule has 1 saturated heterocycles. The van der Waals surface area contributed by atoms with Gasteiger partial charge in [-0.2, -0.15) is 4.31 Å². The molecule has 160 valence electrons. The molecule has 1 heterocycles. The minimum Gasteiger partial charge on any atom is -0.492 e. The van der Waals surface area contributed by atoms with E-state index < -0.39 is 15.9 Å². The summed E-state index contributed by atoms with van der Waals surface area (Å²) in [4.78, 5) is 12.5. The first-order valence-corrected chi connectivity index (χ1v) is 11.4. The molecule has 6 nitrogen and oxygen atoms in total. The molecule has 0 saturated carbocycles. The van der Waals surface area contributed by atoms with Crippen molar-refractivity contribution in [2.45, 2.75) is 31.1 Å². The summed E-state index contributed by atoms with van der Waals surface area (Å²) in [6, 6.07) is 10.2. The van der Waals surface area contributed by atoms with E-state index in [1.54, 1.807) is 31.2 Å². The Bertz CT molecular complexity index is 1010. The van der Waals surface area contributed by atoms with Crippen molar-refractivity contribution in [1.82, 2.24) is 4.31 Å². The van der Waals surface area contributed by atoms with Crippen molar-refractivity contribution < 1.29 is 22.3 Å². The Hall–Kier alpha value is -2.71. The lowest BCUT2D eigenvalue weighted by Crippen LogP contribution is -2.35. The maximum absolute atomic E-state index is 13.0. The van der Waals surface area contributed by atoms with Crippen LogP contribution in [0.15, 0.2) is 53.4 Å². The van der Waals surface area contributed by atoms with Crippen LogP contribution in [-0.4, -0.2) is 38.3 Å². The molecule has 1 amide bonds. The van der Waals surface area contributed by atoms with E-state index in [1.807, 2.05) is 0 Å². The monoisotopic (exact) mass is 432 g/mol. The minimum absolute atomic E-state index is 0.116. The first-order chi connectivity index (χ1) is 14.4. The van der Waals surface area contributed by atoms with Gasteiger partial charge in [-0.25, -0.2) is 12.8 Å². The van der Waals surface area contributed by atoms with E-state index in [0.717, 1.165) is 19.3 Å². The van der Waals surface area contributed by atoms with E-state index in [9.17, 15) is 17.6 Å². The predicted octanol–water partition coefficient (Wildman–Crippen LogP) is 4.05. The van der Waals surface area contributed by atoms with Crippen LogP contribution in [0, 0.1) is 5.82 Å². The number of nitrogens with one attached hydrogen (secondary N) is 1. The first-order valence-electron chi connectivity index (χ1n) is 9.92. The van der Waals surface area contributed by atoms with Gasteiger partial charge in [0.2, 0.25) is 15.9 Å².